The maximum atomic E-state index is 12.6. The molecule has 27 heavy (non-hydrogen) atoms. The summed E-state index contributed by atoms with van der Waals surface area (Å²) in [6, 6.07) is 17.0. The molecule has 0 bridgehead atoms. The Labute approximate surface area is 159 Å². The molecule has 2 atom stereocenters. The van der Waals surface area contributed by atoms with E-state index < -0.39 is 0 Å². The van der Waals surface area contributed by atoms with E-state index in [2.05, 4.69) is 5.32 Å². The van der Waals surface area contributed by atoms with Crippen molar-refractivity contribution >= 4 is 17.5 Å². The number of carbonyl (C=O) groups is 2. The second kappa shape index (κ2) is 8.68. The molecule has 0 aliphatic carbocycles. The number of nitrogens with two attached hydrogens (primary N) is 1. The molecule has 1 aliphatic heterocycles. The number of anilines is 1. The maximum absolute atomic E-state index is 12.6. The standard InChI is InChI=1S/C21H25N3O3/c1-15(16-5-3-2-4-6-16)24-14-17(13-20(24)25)21(26)23-18-7-9-19(10-8-18)27-12-11-22/h2-10,15,17H,11-14,22H2,1H3,(H,23,26). The summed E-state index contributed by atoms with van der Waals surface area (Å²) in [5, 5.41) is 2.89. The molecule has 3 N–H and O–H groups in total. The first-order valence-electron chi connectivity index (χ1n) is 9.16. The van der Waals surface area contributed by atoms with Crippen LogP contribution >= 0.6 is 0 Å². The molecule has 142 valence electrons. The number of likely N-dealkylation sites (tertiary alicyclic amines) is 1. The van der Waals surface area contributed by atoms with E-state index in [0.717, 1.165) is 5.56 Å². The quantitative estimate of drug-likeness (QED) is 0.788. The van der Waals surface area contributed by atoms with Gasteiger partial charge >= 0.3 is 0 Å². The molecule has 1 fully saturated rings. The Morgan fingerprint density at radius 2 is 1.93 bits per heavy atom. The Kier molecular flexibility index (Phi) is 6.08. The molecule has 1 heterocycles. The zero-order valence-corrected chi connectivity index (χ0v) is 15.4. The van der Waals surface area contributed by atoms with E-state index in [1.807, 2.05) is 37.3 Å². The lowest BCUT2D eigenvalue weighted by Gasteiger charge is -2.25. The smallest absolute Gasteiger partial charge is 0.229 e. The fraction of sp³-hybridized carbons (Fsp3) is 0.333. The summed E-state index contributed by atoms with van der Waals surface area (Å²) in [5.74, 6) is 0.230. The van der Waals surface area contributed by atoms with Crippen molar-refractivity contribution in [3.8, 4) is 5.75 Å². The molecule has 2 amide bonds. The van der Waals surface area contributed by atoms with Crippen LogP contribution in [0.4, 0.5) is 5.69 Å². The highest BCUT2D eigenvalue weighted by atomic mass is 16.5. The number of amides is 2. The fourth-order valence-corrected chi connectivity index (χ4v) is 3.25. The number of hydrogen-bond acceptors (Lipinski definition) is 4. The molecule has 0 radical (unpaired) electrons. The van der Waals surface area contributed by atoms with Gasteiger partial charge in [-0.05, 0) is 36.8 Å². The molecule has 2 unspecified atom stereocenters. The van der Waals surface area contributed by atoms with Crippen LogP contribution in [0.3, 0.4) is 0 Å². The van der Waals surface area contributed by atoms with E-state index in [0.29, 0.717) is 31.1 Å². The monoisotopic (exact) mass is 367 g/mol. The third-order valence-electron chi connectivity index (χ3n) is 4.79. The van der Waals surface area contributed by atoms with E-state index >= 15 is 0 Å². The summed E-state index contributed by atoms with van der Waals surface area (Å²) < 4.78 is 5.42. The van der Waals surface area contributed by atoms with Crippen LogP contribution in [0.2, 0.25) is 0 Å². The van der Waals surface area contributed by atoms with Gasteiger partial charge in [-0.2, -0.15) is 0 Å². The highest BCUT2D eigenvalue weighted by Gasteiger charge is 2.36. The topological polar surface area (TPSA) is 84.7 Å². The van der Waals surface area contributed by atoms with Gasteiger partial charge in [-0.25, -0.2) is 0 Å². The second-order valence-corrected chi connectivity index (χ2v) is 6.68. The molecular formula is C21H25N3O3. The van der Waals surface area contributed by atoms with Gasteiger partial charge in [0.15, 0.2) is 0 Å². The molecule has 6 nitrogen and oxygen atoms in total. The number of hydrogen-bond donors (Lipinski definition) is 2. The summed E-state index contributed by atoms with van der Waals surface area (Å²) in [6.45, 7) is 3.32. The lowest BCUT2D eigenvalue weighted by atomic mass is 10.1. The van der Waals surface area contributed by atoms with Crippen LogP contribution in [-0.2, 0) is 9.59 Å². The highest BCUT2D eigenvalue weighted by molar-refractivity contribution is 5.97. The average Bonchev–Trinajstić information content (AvgIpc) is 3.09. The van der Waals surface area contributed by atoms with E-state index in [1.165, 1.54) is 0 Å². The van der Waals surface area contributed by atoms with Crippen LogP contribution in [0.5, 0.6) is 5.75 Å². The molecule has 1 aliphatic rings. The number of rotatable bonds is 7. The van der Waals surface area contributed by atoms with Gasteiger partial charge in [-0.1, -0.05) is 30.3 Å². The van der Waals surface area contributed by atoms with Crippen molar-refractivity contribution in [3.05, 3.63) is 60.2 Å². The molecule has 0 aromatic heterocycles. The van der Waals surface area contributed by atoms with E-state index in [4.69, 9.17) is 10.5 Å². The number of ether oxygens (including phenoxy) is 1. The van der Waals surface area contributed by atoms with Crippen molar-refractivity contribution in [1.29, 1.82) is 0 Å². The molecule has 1 saturated heterocycles. The Hall–Kier alpha value is -2.86. The van der Waals surface area contributed by atoms with Gasteiger partial charge in [0, 0.05) is 25.2 Å². The lowest BCUT2D eigenvalue weighted by molar-refractivity contribution is -0.129. The number of nitrogens with one attached hydrogen (secondary N) is 1. The minimum Gasteiger partial charge on any atom is -0.492 e. The van der Waals surface area contributed by atoms with E-state index in [9.17, 15) is 9.59 Å². The average molecular weight is 367 g/mol. The SMILES string of the molecule is CC(c1ccccc1)N1CC(C(=O)Nc2ccc(OCCN)cc2)CC1=O. The first-order chi connectivity index (χ1) is 13.1. The highest BCUT2D eigenvalue weighted by Crippen LogP contribution is 2.29. The Morgan fingerprint density at radius 3 is 2.59 bits per heavy atom. The zero-order chi connectivity index (χ0) is 19.2. The Balaban J connectivity index is 1.59. The normalized spacial score (nSPS) is 17.6. The van der Waals surface area contributed by atoms with Crippen LogP contribution in [0.15, 0.2) is 54.6 Å². The van der Waals surface area contributed by atoms with Crippen LogP contribution in [0.25, 0.3) is 0 Å². The van der Waals surface area contributed by atoms with Gasteiger partial charge in [-0.15, -0.1) is 0 Å². The number of nitrogens with zero attached hydrogens (tertiary/aromatic N) is 1. The van der Waals surface area contributed by atoms with Crippen molar-refractivity contribution in [1.82, 2.24) is 4.90 Å². The van der Waals surface area contributed by atoms with Crippen molar-refractivity contribution < 1.29 is 14.3 Å². The van der Waals surface area contributed by atoms with Gasteiger partial charge in [0.1, 0.15) is 12.4 Å². The molecule has 3 rings (SSSR count). The van der Waals surface area contributed by atoms with Crippen LogP contribution in [0, 0.1) is 5.92 Å². The first kappa shape index (κ1) is 18.9. The maximum Gasteiger partial charge on any atom is 0.229 e. The van der Waals surface area contributed by atoms with Crippen molar-refractivity contribution in [3.63, 3.8) is 0 Å². The minimum absolute atomic E-state index is 0.0111. The summed E-state index contributed by atoms with van der Waals surface area (Å²) in [5.41, 5.74) is 7.16. The predicted octanol–water partition coefficient (Wildman–Crippen LogP) is 2.57. The number of benzene rings is 2. The van der Waals surface area contributed by atoms with Crippen molar-refractivity contribution in [2.45, 2.75) is 19.4 Å². The third kappa shape index (κ3) is 4.65. The van der Waals surface area contributed by atoms with Crippen molar-refractivity contribution in [2.75, 3.05) is 25.0 Å². The largest absolute Gasteiger partial charge is 0.492 e. The molecule has 2 aromatic carbocycles. The lowest BCUT2D eigenvalue weighted by Crippen LogP contribution is -2.30. The number of carbonyl (C=O) groups excluding carboxylic acids is 2. The van der Waals surface area contributed by atoms with Gasteiger partial charge in [0.05, 0.1) is 12.0 Å². The van der Waals surface area contributed by atoms with Crippen molar-refractivity contribution in [2.24, 2.45) is 11.7 Å². The zero-order valence-electron chi connectivity index (χ0n) is 15.4. The Morgan fingerprint density at radius 1 is 1.22 bits per heavy atom. The third-order valence-corrected chi connectivity index (χ3v) is 4.79. The van der Waals surface area contributed by atoms with E-state index in [-0.39, 0.29) is 30.2 Å². The predicted molar refractivity (Wildman–Crippen MR) is 104 cm³/mol. The molecule has 0 saturated carbocycles. The van der Waals surface area contributed by atoms with E-state index in [1.54, 1.807) is 29.2 Å². The second-order valence-electron chi connectivity index (χ2n) is 6.68. The van der Waals surface area contributed by atoms with Crippen LogP contribution in [-0.4, -0.2) is 36.4 Å². The van der Waals surface area contributed by atoms with Gasteiger partial charge < -0.3 is 20.7 Å². The summed E-state index contributed by atoms with van der Waals surface area (Å²) >= 11 is 0. The van der Waals surface area contributed by atoms with Gasteiger partial charge in [0.25, 0.3) is 0 Å². The molecule has 0 spiro atoms. The Bertz CT molecular complexity index is 777. The fourth-order valence-electron chi connectivity index (χ4n) is 3.25. The van der Waals surface area contributed by atoms with Gasteiger partial charge in [0.2, 0.25) is 11.8 Å². The summed E-state index contributed by atoms with van der Waals surface area (Å²) in [4.78, 5) is 26.8. The van der Waals surface area contributed by atoms with Crippen LogP contribution in [0.1, 0.15) is 24.9 Å². The molecule has 2 aromatic rings. The molecular weight excluding hydrogens is 342 g/mol. The van der Waals surface area contributed by atoms with Crippen LogP contribution < -0.4 is 15.8 Å². The summed E-state index contributed by atoms with van der Waals surface area (Å²) in [7, 11) is 0. The van der Waals surface area contributed by atoms with Gasteiger partial charge in [-0.3, -0.25) is 9.59 Å². The molecule has 6 heteroatoms. The first-order valence-corrected chi connectivity index (χ1v) is 9.16. The summed E-state index contributed by atoms with van der Waals surface area (Å²) in [6.07, 6.45) is 0.237. The minimum atomic E-state index is -0.350.